The zero-order valence-electron chi connectivity index (χ0n) is 12.0. The number of nitrogens with one attached hydrogen (secondary N) is 1. The maximum absolute atomic E-state index is 5.83. The maximum atomic E-state index is 5.83. The fraction of sp³-hybridized carbons (Fsp3) is 0.312. The van der Waals surface area contributed by atoms with Crippen LogP contribution in [-0.4, -0.2) is 16.3 Å². The first-order chi connectivity index (χ1) is 9.61. The zero-order chi connectivity index (χ0) is 14.5. The number of nitrogens with zero attached hydrogens (tertiary/aromatic N) is 2. The molecule has 0 aliphatic carbocycles. The van der Waals surface area contributed by atoms with Gasteiger partial charge in [0.2, 0.25) is 0 Å². The molecule has 0 atom stereocenters. The standard InChI is InChI=1S/C16H18ClN3/c1-4-20-13(3)16(12(2)19-20)18-11-5-6-14-7-9-15(17)10-8-14/h7-10,18H,4,11H2,1-3H3. The molecule has 0 amide bonds. The molecule has 104 valence electrons. The molecular formula is C16H18ClN3. The number of hydrogen-bond acceptors (Lipinski definition) is 2. The predicted octanol–water partition coefficient (Wildman–Crippen LogP) is 3.64. The van der Waals surface area contributed by atoms with E-state index in [-0.39, 0.29) is 0 Å². The Hall–Kier alpha value is -1.92. The van der Waals surface area contributed by atoms with Crippen molar-refractivity contribution in [2.75, 3.05) is 11.9 Å². The number of benzene rings is 1. The van der Waals surface area contributed by atoms with Crippen LogP contribution in [-0.2, 0) is 6.54 Å². The van der Waals surface area contributed by atoms with E-state index in [0.717, 1.165) is 34.2 Å². The summed E-state index contributed by atoms with van der Waals surface area (Å²) in [5, 5.41) is 8.53. The summed E-state index contributed by atoms with van der Waals surface area (Å²) in [5.74, 6) is 6.21. The third-order valence-corrected chi connectivity index (χ3v) is 3.36. The molecule has 3 nitrogen and oxygen atoms in total. The number of halogens is 1. The molecule has 0 bridgehead atoms. The molecule has 2 aromatic rings. The molecule has 0 unspecified atom stereocenters. The van der Waals surface area contributed by atoms with Gasteiger partial charge < -0.3 is 5.32 Å². The highest BCUT2D eigenvalue weighted by atomic mass is 35.5. The minimum atomic E-state index is 0.597. The molecule has 0 fully saturated rings. The number of hydrogen-bond donors (Lipinski definition) is 1. The molecule has 1 aromatic carbocycles. The van der Waals surface area contributed by atoms with Gasteiger partial charge in [-0.05, 0) is 45.0 Å². The van der Waals surface area contributed by atoms with Crippen LogP contribution in [0, 0.1) is 25.7 Å². The maximum Gasteiger partial charge on any atom is 0.0828 e. The van der Waals surface area contributed by atoms with Gasteiger partial charge in [0.25, 0.3) is 0 Å². The SMILES string of the molecule is CCn1nc(C)c(NCC#Cc2ccc(Cl)cc2)c1C. The fourth-order valence-corrected chi connectivity index (χ4v) is 2.20. The Morgan fingerprint density at radius 3 is 2.55 bits per heavy atom. The lowest BCUT2D eigenvalue weighted by molar-refractivity contribution is 0.634. The Kier molecular flexibility index (Phi) is 4.70. The van der Waals surface area contributed by atoms with Crippen molar-refractivity contribution in [1.29, 1.82) is 0 Å². The molecule has 0 aliphatic rings. The molecule has 0 spiro atoms. The van der Waals surface area contributed by atoms with Crippen LogP contribution < -0.4 is 5.32 Å². The largest absolute Gasteiger partial charge is 0.371 e. The van der Waals surface area contributed by atoms with E-state index < -0.39 is 0 Å². The smallest absolute Gasteiger partial charge is 0.0828 e. The monoisotopic (exact) mass is 287 g/mol. The molecule has 2 rings (SSSR count). The van der Waals surface area contributed by atoms with Crippen LogP contribution in [0.1, 0.15) is 23.9 Å². The summed E-state index contributed by atoms with van der Waals surface area (Å²) in [6.45, 7) is 7.64. The van der Waals surface area contributed by atoms with Crippen molar-refractivity contribution in [1.82, 2.24) is 9.78 Å². The van der Waals surface area contributed by atoms with E-state index in [1.807, 2.05) is 35.9 Å². The topological polar surface area (TPSA) is 29.9 Å². The van der Waals surface area contributed by atoms with Gasteiger partial charge in [-0.25, -0.2) is 0 Å². The average Bonchev–Trinajstić information content (AvgIpc) is 2.72. The molecule has 0 aliphatic heterocycles. The fourth-order valence-electron chi connectivity index (χ4n) is 2.07. The molecule has 4 heteroatoms. The lowest BCUT2D eigenvalue weighted by atomic mass is 10.2. The molecule has 1 aromatic heterocycles. The third kappa shape index (κ3) is 3.34. The van der Waals surface area contributed by atoms with Crippen LogP contribution in [0.5, 0.6) is 0 Å². The number of rotatable bonds is 3. The van der Waals surface area contributed by atoms with Gasteiger partial charge in [-0.3, -0.25) is 4.68 Å². The number of anilines is 1. The van der Waals surface area contributed by atoms with Crippen LogP contribution in [0.15, 0.2) is 24.3 Å². The predicted molar refractivity (Wildman–Crippen MR) is 84.2 cm³/mol. The van der Waals surface area contributed by atoms with Crippen LogP contribution in [0.25, 0.3) is 0 Å². The van der Waals surface area contributed by atoms with Gasteiger partial charge in [0.15, 0.2) is 0 Å². The Bertz CT molecular complexity index is 645. The van der Waals surface area contributed by atoms with Crippen molar-refractivity contribution < 1.29 is 0 Å². The lowest BCUT2D eigenvalue weighted by Gasteiger charge is -2.03. The summed E-state index contributed by atoms with van der Waals surface area (Å²) in [7, 11) is 0. The van der Waals surface area contributed by atoms with Gasteiger partial charge in [0.05, 0.1) is 23.6 Å². The highest BCUT2D eigenvalue weighted by Crippen LogP contribution is 2.18. The second-order valence-corrected chi connectivity index (χ2v) is 4.96. The Balaban J connectivity index is 2.00. The van der Waals surface area contributed by atoms with E-state index >= 15 is 0 Å². The van der Waals surface area contributed by atoms with E-state index in [0.29, 0.717) is 6.54 Å². The van der Waals surface area contributed by atoms with Crippen LogP contribution >= 0.6 is 11.6 Å². The highest BCUT2D eigenvalue weighted by molar-refractivity contribution is 6.30. The van der Waals surface area contributed by atoms with Crippen LogP contribution in [0.2, 0.25) is 5.02 Å². The van der Waals surface area contributed by atoms with E-state index in [2.05, 4.69) is 36.1 Å². The van der Waals surface area contributed by atoms with Gasteiger partial charge >= 0.3 is 0 Å². The Morgan fingerprint density at radius 1 is 1.25 bits per heavy atom. The number of aryl methyl sites for hydroxylation is 2. The molecule has 0 saturated carbocycles. The van der Waals surface area contributed by atoms with Crippen LogP contribution in [0.4, 0.5) is 5.69 Å². The van der Waals surface area contributed by atoms with Crippen molar-refractivity contribution in [3.05, 3.63) is 46.2 Å². The highest BCUT2D eigenvalue weighted by Gasteiger charge is 2.08. The average molecular weight is 288 g/mol. The first kappa shape index (κ1) is 14.5. The molecule has 1 N–H and O–H groups in total. The van der Waals surface area contributed by atoms with Crippen molar-refractivity contribution >= 4 is 17.3 Å². The van der Waals surface area contributed by atoms with E-state index in [1.54, 1.807) is 0 Å². The Morgan fingerprint density at radius 2 is 1.95 bits per heavy atom. The summed E-state index contributed by atoms with van der Waals surface area (Å²) in [6.07, 6.45) is 0. The van der Waals surface area contributed by atoms with Gasteiger partial charge in [-0.2, -0.15) is 5.10 Å². The molecular weight excluding hydrogens is 270 g/mol. The molecule has 20 heavy (non-hydrogen) atoms. The van der Waals surface area contributed by atoms with E-state index in [1.165, 1.54) is 0 Å². The molecule has 1 heterocycles. The van der Waals surface area contributed by atoms with E-state index in [9.17, 15) is 0 Å². The van der Waals surface area contributed by atoms with Crippen LogP contribution in [0.3, 0.4) is 0 Å². The van der Waals surface area contributed by atoms with Crippen molar-refractivity contribution in [2.45, 2.75) is 27.3 Å². The zero-order valence-corrected chi connectivity index (χ0v) is 12.8. The Labute approximate surface area is 125 Å². The lowest BCUT2D eigenvalue weighted by Crippen LogP contribution is -2.02. The summed E-state index contributed by atoms with van der Waals surface area (Å²) in [4.78, 5) is 0. The second kappa shape index (κ2) is 6.49. The van der Waals surface area contributed by atoms with Gasteiger partial charge in [0, 0.05) is 17.1 Å². The number of aromatic nitrogens is 2. The summed E-state index contributed by atoms with van der Waals surface area (Å²) in [5.41, 5.74) is 4.21. The van der Waals surface area contributed by atoms with Crippen molar-refractivity contribution in [3.8, 4) is 11.8 Å². The minimum absolute atomic E-state index is 0.597. The summed E-state index contributed by atoms with van der Waals surface area (Å²) < 4.78 is 1.99. The first-order valence-corrected chi connectivity index (χ1v) is 7.02. The van der Waals surface area contributed by atoms with Gasteiger partial charge in [0.1, 0.15) is 0 Å². The quantitative estimate of drug-likeness (QED) is 0.874. The summed E-state index contributed by atoms with van der Waals surface area (Å²) >= 11 is 5.83. The normalized spacial score (nSPS) is 10.0. The third-order valence-electron chi connectivity index (χ3n) is 3.11. The second-order valence-electron chi connectivity index (χ2n) is 4.52. The van der Waals surface area contributed by atoms with Crippen molar-refractivity contribution in [2.24, 2.45) is 0 Å². The van der Waals surface area contributed by atoms with Gasteiger partial charge in [-0.15, -0.1) is 0 Å². The molecule has 0 radical (unpaired) electrons. The van der Waals surface area contributed by atoms with E-state index in [4.69, 9.17) is 11.6 Å². The first-order valence-electron chi connectivity index (χ1n) is 6.64. The molecule has 0 saturated heterocycles. The van der Waals surface area contributed by atoms with Crippen molar-refractivity contribution in [3.63, 3.8) is 0 Å². The van der Waals surface area contributed by atoms with Gasteiger partial charge in [-0.1, -0.05) is 23.4 Å². The summed E-state index contributed by atoms with van der Waals surface area (Å²) in [6, 6.07) is 7.53. The minimum Gasteiger partial charge on any atom is -0.371 e.